The SMILES string of the molecule is C=CCCNC(=O)C(Cc1cn(S(=O)(=O)c2ccc(C)cc2)cn1)NC(=O)O. The highest BCUT2D eigenvalue weighted by Crippen LogP contribution is 2.15. The first-order valence-electron chi connectivity index (χ1n) is 8.47. The molecule has 0 saturated heterocycles. The summed E-state index contributed by atoms with van der Waals surface area (Å²) in [7, 11) is -3.83. The topological polar surface area (TPSA) is 130 Å². The van der Waals surface area contributed by atoms with Crippen molar-refractivity contribution in [1.29, 1.82) is 0 Å². The third-order valence-corrected chi connectivity index (χ3v) is 5.51. The van der Waals surface area contributed by atoms with Crippen LogP contribution >= 0.6 is 0 Å². The van der Waals surface area contributed by atoms with Crippen molar-refractivity contribution in [2.24, 2.45) is 0 Å². The van der Waals surface area contributed by atoms with E-state index in [4.69, 9.17) is 5.11 Å². The van der Waals surface area contributed by atoms with E-state index in [9.17, 15) is 18.0 Å². The minimum absolute atomic E-state index is 0.0946. The molecule has 3 N–H and O–H groups in total. The van der Waals surface area contributed by atoms with Gasteiger partial charge in [-0.1, -0.05) is 23.8 Å². The number of benzene rings is 1. The molecule has 1 aromatic carbocycles. The van der Waals surface area contributed by atoms with Gasteiger partial charge >= 0.3 is 6.09 Å². The van der Waals surface area contributed by atoms with Crippen LogP contribution in [0.25, 0.3) is 0 Å². The number of nitrogens with one attached hydrogen (secondary N) is 2. The van der Waals surface area contributed by atoms with Gasteiger partial charge < -0.3 is 15.7 Å². The van der Waals surface area contributed by atoms with Gasteiger partial charge in [0.15, 0.2) is 0 Å². The lowest BCUT2D eigenvalue weighted by Crippen LogP contribution is -2.47. The van der Waals surface area contributed by atoms with Crippen molar-refractivity contribution < 1.29 is 23.1 Å². The van der Waals surface area contributed by atoms with Crippen molar-refractivity contribution in [3.8, 4) is 0 Å². The van der Waals surface area contributed by atoms with E-state index in [1.807, 2.05) is 6.92 Å². The van der Waals surface area contributed by atoms with E-state index in [1.165, 1.54) is 18.3 Å². The van der Waals surface area contributed by atoms with Gasteiger partial charge in [-0.3, -0.25) is 4.79 Å². The highest BCUT2D eigenvalue weighted by atomic mass is 32.2. The Labute approximate surface area is 163 Å². The summed E-state index contributed by atoms with van der Waals surface area (Å²) in [6.07, 6.45) is 3.09. The Balaban J connectivity index is 2.17. The zero-order valence-electron chi connectivity index (χ0n) is 15.3. The summed E-state index contributed by atoms with van der Waals surface area (Å²) in [5, 5.41) is 13.7. The normalized spacial score (nSPS) is 12.2. The molecule has 1 unspecified atom stereocenters. The molecular weight excluding hydrogens is 384 g/mol. The Morgan fingerprint density at radius 1 is 1.32 bits per heavy atom. The Morgan fingerprint density at radius 2 is 2.00 bits per heavy atom. The molecule has 9 nitrogen and oxygen atoms in total. The molecule has 2 aromatic rings. The van der Waals surface area contributed by atoms with Gasteiger partial charge in [0, 0.05) is 19.2 Å². The molecule has 0 saturated carbocycles. The fraction of sp³-hybridized carbons (Fsp3) is 0.278. The van der Waals surface area contributed by atoms with Crippen molar-refractivity contribution in [3.63, 3.8) is 0 Å². The second-order valence-corrected chi connectivity index (χ2v) is 7.93. The summed E-state index contributed by atoms with van der Waals surface area (Å²) >= 11 is 0. The van der Waals surface area contributed by atoms with Gasteiger partial charge in [-0.2, -0.15) is 0 Å². The van der Waals surface area contributed by atoms with Crippen molar-refractivity contribution in [3.05, 3.63) is 60.7 Å². The Bertz CT molecular complexity index is 951. The van der Waals surface area contributed by atoms with E-state index < -0.39 is 28.1 Å². The molecule has 150 valence electrons. The van der Waals surface area contributed by atoms with E-state index in [-0.39, 0.29) is 17.0 Å². The third-order valence-electron chi connectivity index (χ3n) is 3.89. The van der Waals surface area contributed by atoms with E-state index in [0.717, 1.165) is 15.9 Å². The predicted octanol–water partition coefficient (Wildman–Crippen LogP) is 1.30. The van der Waals surface area contributed by atoms with Crippen molar-refractivity contribution >= 4 is 22.0 Å². The fourth-order valence-electron chi connectivity index (χ4n) is 2.40. The summed E-state index contributed by atoms with van der Waals surface area (Å²) in [5.41, 5.74) is 1.18. The third kappa shape index (κ3) is 5.43. The molecule has 2 amide bonds. The number of amides is 2. The Hall–Kier alpha value is -3.14. The van der Waals surface area contributed by atoms with Gasteiger partial charge in [0.1, 0.15) is 12.4 Å². The highest BCUT2D eigenvalue weighted by Gasteiger charge is 2.23. The summed E-state index contributed by atoms with van der Waals surface area (Å²) in [6, 6.07) is 5.25. The Morgan fingerprint density at radius 3 is 2.61 bits per heavy atom. The standard InChI is InChI=1S/C18H22N4O5S/c1-3-4-9-19-17(23)16(21-18(24)25)10-14-11-22(12-20-14)28(26,27)15-7-5-13(2)6-8-15/h3,5-8,11-12,16,21H,1,4,9-10H2,2H3,(H,19,23)(H,24,25). The summed E-state index contributed by atoms with van der Waals surface area (Å²) < 4.78 is 26.3. The lowest BCUT2D eigenvalue weighted by molar-refractivity contribution is -0.123. The van der Waals surface area contributed by atoms with Crippen LogP contribution in [-0.2, 0) is 21.2 Å². The molecule has 0 radical (unpaired) electrons. The van der Waals surface area contributed by atoms with Gasteiger partial charge in [-0.25, -0.2) is 22.2 Å². The molecule has 10 heteroatoms. The Kier molecular flexibility index (Phi) is 6.94. The first-order valence-corrected chi connectivity index (χ1v) is 9.91. The number of carboxylic acid groups (broad SMARTS) is 1. The monoisotopic (exact) mass is 406 g/mol. The van der Waals surface area contributed by atoms with E-state index in [0.29, 0.717) is 13.0 Å². The molecule has 1 heterocycles. The van der Waals surface area contributed by atoms with Crippen LogP contribution in [0.15, 0.2) is 54.3 Å². The van der Waals surface area contributed by atoms with Gasteiger partial charge in [0.25, 0.3) is 10.0 Å². The number of carbonyl (C=O) groups excluding carboxylic acids is 1. The first-order chi connectivity index (χ1) is 13.2. The average molecular weight is 406 g/mol. The van der Waals surface area contributed by atoms with E-state index in [2.05, 4.69) is 22.2 Å². The zero-order chi connectivity index (χ0) is 20.7. The maximum Gasteiger partial charge on any atom is 0.405 e. The van der Waals surface area contributed by atoms with Crippen molar-refractivity contribution in [2.75, 3.05) is 6.54 Å². The maximum absolute atomic E-state index is 12.7. The lowest BCUT2D eigenvalue weighted by Gasteiger charge is -2.15. The van der Waals surface area contributed by atoms with Gasteiger partial charge in [0.2, 0.25) is 5.91 Å². The summed E-state index contributed by atoms with van der Waals surface area (Å²) in [4.78, 5) is 27.3. The van der Waals surface area contributed by atoms with Gasteiger partial charge in [-0.15, -0.1) is 6.58 Å². The number of rotatable bonds is 9. The van der Waals surface area contributed by atoms with Crippen molar-refractivity contribution in [2.45, 2.75) is 30.7 Å². The van der Waals surface area contributed by atoms with Crippen LogP contribution in [0.4, 0.5) is 4.79 Å². The number of aromatic nitrogens is 2. The largest absolute Gasteiger partial charge is 0.465 e. The molecule has 0 bridgehead atoms. The fourth-order valence-corrected chi connectivity index (χ4v) is 3.56. The minimum Gasteiger partial charge on any atom is -0.465 e. The van der Waals surface area contributed by atoms with Crippen LogP contribution in [0, 0.1) is 6.92 Å². The van der Waals surface area contributed by atoms with Crippen LogP contribution in [0.5, 0.6) is 0 Å². The summed E-state index contributed by atoms with van der Waals surface area (Å²) in [6.45, 7) is 5.71. The van der Waals surface area contributed by atoms with Crippen LogP contribution < -0.4 is 10.6 Å². The number of aryl methyl sites for hydroxylation is 1. The smallest absolute Gasteiger partial charge is 0.405 e. The molecule has 1 aromatic heterocycles. The zero-order valence-corrected chi connectivity index (χ0v) is 16.1. The molecule has 0 aliphatic rings. The number of imidazole rings is 1. The number of hydrogen-bond acceptors (Lipinski definition) is 5. The molecule has 0 fully saturated rings. The molecule has 2 rings (SSSR count). The highest BCUT2D eigenvalue weighted by molar-refractivity contribution is 7.90. The summed E-state index contributed by atoms with van der Waals surface area (Å²) in [5.74, 6) is -0.528. The first kappa shape index (κ1) is 21.2. The molecule has 0 aliphatic carbocycles. The number of hydrogen-bond donors (Lipinski definition) is 3. The second kappa shape index (κ2) is 9.18. The maximum atomic E-state index is 12.7. The van der Waals surface area contributed by atoms with E-state index in [1.54, 1.807) is 18.2 Å². The quantitative estimate of drug-likeness (QED) is 0.425. The lowest BCUT2D eigenvalue weighted by atomic mass is 10.1. The number of carbonyl (C=O) groups is 2. The average Bonchev–Trinajstić information content (AvgIpc) is 3.11. The second-order valence-electron chi connectivity index (χ2n) is 6.09. The molecule has 0 aliphatic heterocycles. The van der Waals surface area contributed by atoms with E-state index >= 15 is 0 Å². The van der Waals surface area contributed by atoms with Crippen LogP contribution in [0.1, 0.15) is 17.7 Å². The van der Waals surface area contributed by atoms with Gasteiger partial charge in [0.05, 0.1) is 10.6 Å². The van der Waals surface area contributed by atoms with Gasteiger partial charge in [-0.05, 0) is 25.5 Å². The molecule has 1 atom stereocenters. The van der Waals surface area contributed by atoms with Crippen LogP contribution in [0.2, 0.25) is 0 Å². The molecule has 28 heavy (non-hydrogen) atoms. The molecular formula is C18H22N4O5S. The van der Waals surface area contributed by atoms with Crippen molar-refractivity contribution in [1.82, 2.24) is 19.6 Å². The van der Waals surface area contributed by atoms with Crippen LogP contribution in [-0.4, -0.2) is 47.1 Å². The molecule has 0 spiro atoms. The predicted molar refractivity (Wildman–Crippen MR) is 102 cm³/mol. The van der Waals surface area contributed by atoms with Crippen LogP contribution in [0.3, 0.4) is 0 Å². The number of nitrogens with zero attached hydrogens (tertiary/aromatic N) is 2. The minimum atomic E-state index is -3.83.